The molecule has 0 aromatic rings. The average molecular weight is 210 g/mol. The number of likely N-dealkylation sites (tertiary alicyclic amines) is 1. The van der Waals surface area contributed by atoms with Crippen molar-refractivity contribution in [1.29, 1.82) is 0 Å². The van der Waals surface area contributed by atoms with Gasteiger partial charge in [-0.3, -0.25) is 14.5 Å². The Bertz CT molecular complexity index is 303. The zero-order valence-electron chi connectivity index (χ0n) is 8.39. The van der Waals surface area contributed by atoms with Crippen LogP contribution < -0.4 is 5.73 Å². The molecule has 5 heteroatoms. The predicted octanol–water partition coefficient (Wildman–Crippen LogP) is -0.892. The van der Waals surface area contributed by atoms with E-state index in [0.29, 0.717) is 13.1 Å². The lowest BCUT2D eigenvalue weighted by Crippen LogP contribution is -2.37. The Morgan fingerprint density at radius 3 is 2.20 bits per heavy atom. The topological polar surface area (TPSA) is 72.6 Å². The van der Waals surface area contributed by atoms with Gasteiger partial charge in [-0.2, -0.15) is 0 Å². The lowest BCUT2D eigenvalue weighted by atomic mass is 9.81. The Balaban J connectivity index is 1.90. The molecule has 3 rings (SSSR count). The largest absolute Gasteiger partial charge is 0.373 e. The van der Waals surface area contributed by atoms with Crippen LogP contribution in [0, 0.1) is 11.8 Å². The summed E-state index contributed by atoms with van der Waals surface area (Å²) in [7, 11) is 0. The summed E-state index contributed by atoms with van der Waals surface area (Å²) in [6.45, 7) is 0.692. The SMILES string of the molecule is NCCN1C(=O)[C@H]2[C@H](C1=O)[C@H]1CC[C@H]2O1. The zero-order chi connectivity index (χ0) is 10.6. The number of carbonyl (C=O) groups is 2. The summed E-state index contributed by atoms with van der Waals surface area (Å²) in [6, 6.07) is 0. The van der Waals surface area contributed by atoms with Crippen LogP contribution in [0.1, 0.15) is 12.8 Å². The molecule has 5 nitrogen and oxygen atoms in total. The van der Waals surface area contributed by atoms with Crippen molar-refractivity contribution < 1.29 is 14.3 Å². The summed E-state index contributed by atoms with van der Waals surface area (Å²) in [4.78, 5) is 25.2. The number of carbonyl (C=O) groups excluding carboxylic acids is 2. The second-order valence-electron chi connectivity index (χ2n) is 4.46. The maximum absolute atomic E-state index is 11.9. The number of imide groups is 1. The normalized spacial score (nSPS) is 42.9. The molecule has 2 bridgehead atoms. The number of amides is 2. The molecule has 82 valence electrons. The van der Waals surface area contributed by atoms with Gasteiger partial charge in [-0.1, -0.05) is 0 Å². The van der Waals surface area contributed by atoms with E-state index in [1.807, 2.05) is 0 Å². The Labute approximate surface area is 87.5 Å². The molecule has 4 atom stereocenters. The maximum atomic E-state index is 11.9. The van der Waals surface area contributed by atoms with E-state index in [2.05, 4.69) is 0 Å². The van der Waals surface area contributed by atoms with E-state index in [0.717, 1.165) is 12.8 Å². The molecule has 0 unspecified atom stereocenters. The molecule has 15 heavy (non-hydrogen) atoms. The second-order valence-corrected chi connectivity index (χ2v) is 4.46. The van der Waals surface area contributed by atoms with Gasteiger partial charge in [-0.15, -0.1) is 0 Å². The average Bonchev–Trinajstić information content (AvgIpc) is 2.87. The Morgan fingerprint density at radius 1 is 1.20 bits per heavy atom. The van der Waals surface area contributed by atoms with Crippen molar-refractivity contribution in [3.05, 3.63) is 0 Å². The van der Waals surface area contributed by atoms with Crippen LogP contribution in [0.4, 0.5) is 0 Å². The standard InChI is InChI=1S/C10H14N2O3/c11-3-4-12-9(13)7-5-1-2-6(15-5)8(7)10(12)14/h5-8H,1-4,11H2/t5-,6-,7-,8-/m1/s1. The predicted molar refractivity (Wildman–Crippen MR) is 50.6 cm³/mol. The van der Waals surface area contributed by atoms with E-state index in [4.69, 9.17) is 10.5 Å². The van der Waals surface area contributed by atoms with E-state index in [1.165, 1.54) is 4.90 Å². The fourth-order valence-electron chi connectivity index (χ4n) is 3.12. The molecule has 3 aliphatic rings. The minimum atomic E-state index is -0.206. The summed E-state index contributed by atoms with van der Waals surface area (Å²) in [5.41, 5.74) is 5.39. The van der Waals surface area contributed by atoms with Gasteiger partial charge in [0.25, 0.3) is 0 Å². The smallest absolute Gasteiger partial charge is 0.235 e. The number of hydrogen-bond acceptors (Lipinski definition) is 4. The van der Waals surface area contributed by atoms with Gasteiger partial charge >= 0.3 is 0 Å². The van der Waals surface area contributed by atoms with Crippen molar-refractivity contribution in [2.75, 3.05) is 13.1 Å². The van der Waals surface area contributed by atoms with E-state index in [9.17, 15) is 9.59 Å². The molecule has 3 saturated heterocycles. The van der Waals surface area contributed by atoms with Crippen molar-refractivity contribution >= 4 is 11.8 Å². The monoisotopic (exact) mass is 210 g/mol. The molecule has 2 amide bonds. The first-order chi connectivity index (χ1) is 7.24. The molecule has 3 fully saturated rings. The van der Waals surface area contributed by atoms with Crippen molar-refractivity contribution in [3.63, 3.8) is 0 Å². The second kappa shape index (κ2) is 3.02. The summed E-state index contributed by atoms with van der Waals surface area (Å²) < 4.78 is 5.61. The first kappa shape index (κ1) is 9.30. The third-order valence-electron chi connectivity index (χ3n) is 3.73. The van der Waals surface area contributed by atoms with Crippen molar-refractivity contribution in [2.45, 2.75) is 25.0 Å². The number of nitrogens with two attached hydrogens (primary N) is 1. The molecule has 0 spiro atoms. The Kier molecular flexibility index (Phi) is 1.87. The molecule has 0 saturated carbocycles. The molecular formula is C10H14N2O3. The number of hydrogen-bond donors (Lipinski definition) is 1. The van der Waals surface area contributed by atoms with Crippen LogP contribution >= 0.6 is 0 Å². The third-order valence-corrected chi connectivity index (χ3v) is 3.73. The molecule has 0 aromatic heterocycles. The van der Waals surface area contributed by atoms with Gasteiger partial charge in [-0.25, -0.2) is 0 Å². The van der Waals surface area contributed by atoms with Crippen LogP contribution in [0.3, 0.4) is 0 Å². The van der Waals surface area contributed by atoms with Gasteiger partial charge in [0.1, 0.15) is 0 Å². The molecule has 0 aliphatic carbocycles. The first-order valence-electron chi connectivity index (χ1n) is 5.45. The first-order valence-corrected chi connectivity index (χ1v) is 5.45. The molecule has 0 aromatic carbocycles. The van der Waals surface area contributed by atoms with Crippen LogP contribution in [0.25, 0.3) is 0 Å². The van der Waals surface area contributed by atoms with E-state index in [1.54, 1.807) is 0 Å². The summed E-state index contributed by atoms with van der Waals surface area (Å²) in [6.07, 6.45) is 1.81. The quantitative estimate of drug-likeness (QED) is 0.600. The minimum absolute atomic E-state index is 0.0146. The summed E-state index contributed by atoms with van der Waals surface area (Å²) in [5.74, 6) is -0.545. The van der Waals surface area contributed by atoms with E-state index >= 15 is 0 Å². The van der Waals surface area contributed by atoms with E-state index in [-0.39, 0.29) is 35.9 Å². The summed E-state index contributed by atoms with van der Waals surface area (Å²) >= 11 is 0. The highest BCUT2D eigenvalue weighted by Crippen LogP contribution is 2.48. The van der Waals surface area contributed by atoms with Crippen LogP contribution in [0.5, 0.6) is 0 Å². The highest BCUT2D eigenvalue weighted by molar-refractivity contribution is 6.06. The van der Waals surface area contributed by atoms with Crippen molar-refractivity contribution in [3.8, 4) is 0 Å². The molecule has 3 aliphatic heterocycles. The Hall–Kier alpha value is -0.940. The summed E-state index contributed by atoms with van der Waals surface area (Å²) in [5, 5.41) is 0. The third kappa shape index (κ3) is 1.05. The van der Waals surface area contributed by atoms with Crippen molar-refractivity contribution in [1.82, 2.24) is 4.90 Å². The highest BCUT2D eigenvalue weighted by Gasteiger charge is 2.61. The number of fused-ring (bicyclic) bond motifs is 5. The molecule has 3 heterocycles. The zero-order valence-corrected chi connectivity index (χ0v) is 8.39. The van der Waals surface area contributed by atoms with Gasteiger partial charge < -0.3 is 10.5 Å². The van der Waals surface area contributed by atoms with Gasteiger partial charge in [0.2, 0.25) is 11.8 Å². The van der Waals surface area contributed by atoms with E-state index < -0.39 is 0 Å². The van der Waals surface area contributed by atoms with Crippen molar-refractivity contribution in [2.24, 2.45) is 17.6 Å². The number of nitrogens with zero attached hydrogens (tertiary/aromatic N) is 1. The van der Waals surface area contributed by atoms with Crippen LogP contribution in [-0.4, -0.2) is 42.0 Å². The Morgan fingerprint density at radius 2 is 1.73 bits per heavy atom. The van der Waals surface area contributed by atoms with Gasteiger partial charge in [0.05, 0.1) is 24.0 Å². The lowest BCUT2D eigenvalue weighted by Gasteiger charge is -2.15. The number of ether oxygens (including phenoxy) is 1. The van der Waals surface area contributed by atoms with Crippen LogP contribution in [0.2, 0.25) is 0 Å². The van der Waals surface area contributed by atoms with Crippen LogP contribution in [0.15, 0.2) is 0 Å². The minimum Gasteiger partial charge on any atom is -0.373 e. The van der Waals surface area contributed by atoms with Gasteiger partial charge in [-0.05, 0) is 12.8 Å². The van der Waals surface area contributed by atoms with Gasteiger partial charge in [0, 0.05) is 13.1 Å². The fraction of sp³-hybridized carbons (Fsp3) is 0.800. The van der Waals surface area contributed by atoms with Gasteiger partial charge in [0.15, 0.2) is 0 Å². The molecule has 0 radical (unpaired) electrons. The molecule has 2 N–H and O–H groups in total. The number of rotatable bonds is 2. The maximum Gasteiger partial charge on any atom is 0.235 e. The molecular weight excluding hydrogens is 196 g/mol. The lowest BCUT2D eigenvalue weighted by molar-refractivity contribution is -0.142. The fourth-order valence-corrected chi connectivity index (χ4v) is 3.12. The highest BCUT2D eigenvalue weighted by atomic mass is 16.5. The van der Waals surface area contributed by atoms with Crippen LogP contribution in [-0.2, 0) is 14.3 Å².